The first-order valence-corrected chi connectivity index (χ1v) is 7.51. The fraction of sp³-hybridized carbons (Fsp3) is 0.562. The number of nitrogens with zero attached hydrogens (tertiary/aromatic N) is 1. The molecule has 1 rings (SSSR count). The minimum absolute atomic E-state index is 0.117. The Hall–Kier alpha value is -1.73. The maximum absolute atomic E-state index is 13.1. The second-order valence-corrected chi connectivity index (χ2v) is 5.28. The van der Waals surface area contributed by atoms with E-state index in [1.165, 1.54) is 6.07 Å². The Morgan fingerprint density at radius 3 is 2.70 bits per heavy atom. The van der Waals surface area contributed by atoms with E-state index in [-0.39, 0.29) is 11.7 Å². The Bertz CT molecular complexity index is 500. The molecular formula is C16H24F2N2O3. The van der Waals surface area contributed by atoms with Crippen molar-refractivity contribution in [3.05, 3.63) is 29.8 Å². The third kappa shape index (κ3) is 7.38. The third-order valence-corrected chi connectivity index (χ3v) is 3.27. The fourth-order valence-corrected chi connectivity index (χ4v) is 1.87. The number of ether oxygens (including phenoxy) is 2. The number of carbonyl (C=O) groups is 1. The van der Waals surface area contributed by atoms with Crippen LogP contribution in [-0.2, 0) is 9.53 Å². The lowest BCUT2D eigenvalue weighted by atomic mass is 10.3. The highest BCUT2D eigenvalue weighted by atomic mass is 19.2. The molecule has 1 N–H and O–H groups in total. The molecule has 1 aromatic rings. The van der Waals surface area contributed by atoms with Crippen LogP contribution in [0.3, 0.4) is 0 Å². The molecule has 0 saturated carbocycles. The van der Waals surface area contributed by atoms with Crippen LogP contribution in [-0.4, -0.2) is 57.3 Å². The Balaban J connectivity index is 2.27. The minimum atomic E-state index is -1.01. The van der Waals surface area contributed by atoms with E-state index in [0.29, 0.717) is 13.2 Å². The summed E-state index contributed by atoms with van der Waals surface area (Å²) in [7, 11) is 3.64. The molecule has 0 saturated heterocycles. The molecule has 1 atom stereocenters. The molecule has 7 heteroatoms. The lowest BCUT2D eigenvalue weighted by Crippen LogP contribution is -2.37. The second-order valence-electron chi connectivity index (χ2n) is 5.28. The quantitative estimate of drug-likeness (QED) is 0.665. The van der Waals surface area contributed by atoms with Crippen molar-refractivity contribution in [2.75, 3.05) is 40.4 Å². The van der Waals surface area contributed by atoms with E-state index >= 15 is 0 Å². The molecular weight excluding hydrogens is 306 g/mol. The second kappa shape index (κ2) is 10.1. The molecule has 0 spiro atoms. The highest BCUT2D eigenvalue weighted by Gasteiger charge is 2.15. The van der Waals surface area contributed by atoms with E-state index in [9.17, 15) is 13.6 Å². The molecule has 0 aliphatic heterocycles. The van der Waals surface area contributed by atoms with Gasteiger partial charge in [-0.2, -0.15) is 0 Å². The van der Waals surface area contributed by atoms with Crippen LogP contribution in [0.2, 0.25) is 0 Å². The van der Waals surface area contributed by atoms with Gasteiger partial charge in [0.25, 0.3) is 5.91 Å². The number of carbonyl (C=O) groups excluding carboxylic acids is 1. The fourth-order valence-electron chi connectivity index (χ4n) is 1.87. The average Bonchev–Trinajstić information content (AvgIpc) is 2.52. The van der Waals surface area contributed by atoms with Crippen LogP contribution in [0.25, 0.3) is 0 Å². The van der Waals surface area contributed by atoms with E-state index in [0.717, 1.165) is 31.6 Å². The number of amides is 1. The molecule has 0 fully saturated rings. The van der Waals surface area contributed by atoms with Crippen LogP contribution in [0.4, 0.5) is 8.78 Å². The lowest BCUT2D eigenvalue weighted by molar-refractivity contribution is -0.127. The Kier molecular flexibility index (Phi) is 8.50. The lowest BCUT2D eigenvalue weighted by Gasteiger charge is -2.17. The number of benzene rings is 1. The summed E-state index contributed by atoms with van der Waals surface area (Å²) in [5.41, 5.74) is 0. The maximum Gasteiger partial charge on any atom is 0.260 e. The van der Waals surface area contributed by atoms with Gasteiger partial charge in [-0.1, -0.05) is 0 Å². The Labute approximate surface area is 135 Å². The Morgan fingerprint density at radius 2 is 2.04 bits per heavy atom. The van der Waals surface area contributed by atoms with Crippen LogP contribution >= 0.6 is 0 Å². The highest BCUT2D eigenvalue weighted by Crippen LogP contribution is 2.16. The molecule has 23 heavy (non-hydrogen) atoms. The van der Waals surface area contributed by atoms with Crippen molar-refractivity contribution in [3.8, 4) is 5.75 Å². The van der Waals surface area contributed by atoms with Crippen molar-refractivity contribution in [1.82, 2.24) is 10.2 Å². The van der Waals surface area contributed by atoms with Gasteiger partial charge < -0.3 is 19.7 Å². The predicted molar refractivity (Wildman–Crippen MR) is 83.4 cm³/mol. The number of methoxy groups -OCH3 is 1. The zero-order valence-electron chi connectivity index (χ0n) is 13.8. The van der Waals surface area contributed by atoms with E-state index in [1.807, 2.05) is 7.05 Å². The standard InChI is InChI=1S/C16H24F2N2O3/c1-12(23-13-5-6-14(17)15(18)11-13)16(21)19-7-4-8-20(2)9-10-22-3/h5-6,11-12H,4,7-10H2,1-3H3,(H,19,21)/t12-/m1/s1. The number of rotatable bonds is 10. The molecule has 130 valence electrons. The van der Waals surface area contributed by atoms with Crippen molar-refractivity contribution in [1.29, 1.82) is 0 Å². The van der Waals surface area contributed by atoms with Gasteiger partial charge >= 0.3 is 0 Å². The number of halogens is 2. The van der Waals surface area contributed by atoms with Gasteiger partial charge in [-0.15, -0.1) is 0 Å². The van der Waals surface area contributed by atoms with Gasteiger partial charge in [0.05, 0.1) is 6.61 Å². The van der Waals surface area contributed by atoms with Crippen LogP contribution in [0, 0.1) is 11.6 Å². The molecule has 0 unspecified atom stereocenters. The average molecular weight is 330 g/mol. The Morgan fingerprint density at radius 1 is 1.30 bits per heavy atom. The van der Waals surface area contributed by atoms with Gasteiger partial charge in [0.1, 0.15) is 5.75 Å². The van der Waals surface area contributed by atoms with Crippen LogP contribution in [0.15, 0.2) is 18.2 Å². The first-order valence-electron chi connectivity index (χ1n) is 7.51. The van der Waals surface area contributed by atoms with Crippen LogP contribution in [0.1, 0.15) is 13.3 Å². The van der Waals surface area contributed by atoms with Crippen molar-refractivity contribution < 1.29 is 23.0 Å². The van der Waals surface area contributed by atoms with Gasteiger partial charge in [-0.25, -0.2) is 8.78 Å². The van der Waals surface area contributed by atoms with Crippen LogP contribution in [0.5, 0.6) is 5.75 Å². The predicted octanol–water partition coefficient (Wildman–Crippen LogP) is 1.82. The highest BCUT2D eigenvalue weighted by molar-refractivity contribution is 5.80. The minimum Gasteiger partial charge on any atom is -0.481 e. The summed E-state index contributed by atoms with van der Waals surface area (Å²) in [6.07, 6.45) is 0.00945. The molecule has 1 aromatic carbocycles. The monoisotopic (exact) mass is 330 g/mol. The smallest absolute Gasteiger partial charge is 0.260 e. The van der Waals surface area contributed by atoms with Gasteiger partial charge in [0, 0.05) is 26.3 Å². The number of likely N-dealkylation sites (N-methyl/N-ethyl adjacent to an activating group) is 1. The zero-order chi connectivity index (χ0) is 17.2. The molecule has 0 radical (unpaired) electrons. The topological polar surface area (TPSA) is 50.8 Å². The van der Waals surface area contributed by atoms with Gasteiger partial charge in [-0.05, 0) is 39.1 Å². The summed E-state index contributed by atoms with van der Waals surface area (Å²) in [6.45, 7) is 4.41. The maximum atomic E-state index is 13.1. The summed E-state index contributed by atoms with van der Waals surface area (Å²) < 4.78 is 36.2. The normalized spacial score (nSPS) is 12.3. The van der Waals surface area contributed by atoms with Crippen LogP contribution < -0.4 is 10.1 Å². The summed E-state index contributed by atoms with van der Waals surface area (Å²) in [4.78, 5) is 14.0. The molecule has 0 aliphatic rings. The first-order chi connectivity index (χ1) is 10.9. The summed E-state index contributed by atoms with van der Waals surface area (Å²) in [5, 5.41) is 2.75. The first kappa shape index (κ1) is 19.3. The van der Waals surface area contributed by atoms with Crippen molar-refractivity contribution in [2.45, 2.75) is 19.4 Å². The van der Waals surface area contributed by atoms with Crippen molar-refractivity contribution in [2.24, 2.45) is 0 Å². The van der Waals surface area contributed by atoms with E-state index in [2.05, 4.69) is 10.2 Å². The zero-order valence-corrected chi connectivity index (χ0v) is 13.8. The molecule has 0 heterocycles. The van der Waals surface area contributed by atoms with Gasteiger partial charge in [-0.3, -0.25) is 4.79 Å². The summed E-state index contributed by atoms with van der Waals surface area (Å²) in [6, 6.07) is 3.17. The summed E-state index contributed by atoms with van der Waals surface area (Å²) in [5.74, 6) is -2.14. The molecule has 0 bridgehead atoms. The number of hydrogen-bond donors (Lipinski definition) is 1. The third-order valence-electron chi connectivity index (χ3n) is 3.27. The molecule has 0 aromatic heterocycles. The summed E-state index contributed by atoms with van der Waals surface area (Å²) >= 11 is 0. The van der Waals surface area contributed by atoms with Crippen molar-refractivity contribution >= 4 is 5.91 Å². The van der Waals surface area contributed by atoms with E-state index in [1.54, 1.807) is 14.0 Å². The molecule has 1 amide bonds. The van der Waals surface area contributed by atoms with E-state index < -0.39 is 17.7 Å². The van der Waals surface area contributed by atoms with Crippen molar-refractivity contribution in [3.63, 3.8) is 0 Å². The molecule has 5 nitrogen and oxygen atoms in total. The van der Waals surface area contributed by atoms with E-state index in [4.69, 9.17) is 9.47 Å². The molecule has 0 aliphatic carbocycles. The van der Waals surface area contributed by atoms with Gasteiger partial charge in [0.15, 0.2) is 17.7 Å². The SMILES string of the molecule is COCCN(C)CCCNC(=O)[C@@H](C)Oc1ccc(F)c(F)c1. The number of nitrogens with one attached hydrogen (secondary N) is 1. The largest absolute Gasteiger partial charge is 0.481 e. The van der Waals surface area contributed by atoms with Gasteiger partial charge in [0.2, 0.25) is 0 Å². The number of hydrogen-bond acceptors (Lipinski definition) is 4.